The first-order chi connectivity index (χ1) is 9.74. The zero-order valence-corrected chi connectivity index (χ0v) is 12.7. The van der Waals surface area contributed by atoms with Crippen LogP contribution in [0.2, 0.25) is 0 Å². The van der Waals surface area contributed by atoms with Gasteiger partial charge in [0.2, 0.25) is 0 Å². The molecule has 1 unspecified atom stereocenters. The molecule has 0 spiro atoms. The number of para-hydroxylation sites is 1. The molecule has 0 bridgehead atoms. The molecular formula is C15H16BrN3O. The molecule has 1 amide bonds. The fourth-order valence-corrected chi connectivity index (χ4v) is 3.12. The van der Waals surface area contributed by atoms with E-state index < -0.39 is 0 Å². The summed E-state index contributed by atoms with van der Waals surface area (Å²) in [6.45, 7) is 1.60. The van der Waals surface area contributed by atoms with E-state index in [9.17, 15) is 4.79 Å². The van der Waals surface area contributed by atoms with E-state index in [2.05, 4.69) is 21.0 Å². The van der Waals surface area contributed by atoms with Crippen LogP contribution in [-0.2, 0) is 0 Å². The Morgan fingerprint density at radius 1 is 1.30 bits per heavy atom. The number of alkyl halides is 1. The summed E-state index contributed by atoms with van der Waals surface area (Å²) in [6, 6.07) is 9.81. The molecule has 0 aliphatic carbocycles. The molecule has 1 fully saturated rings. The summed E-state index contributed by atoms with van der Waals surface area (Å²) in [4.78, 5) is 14.7. The molecular weight excluding hydrogens is 318 g/mol. The van der Waals surface area contributed by atoms with Crippen molar-refractivity contribution in [2.45, 2.75) is 17.7 Å². The van der Waals surface area contributed by atoms with E-state index in [1.165, 1.54) is 0 Å². The van der Waals surface area contributed by atoms with Gasteiger partial charge in [-0.1, -0.05) is 34.1 Å². The van der Waals surface area contributed by atoms with Gasteiger partial charge in [0.15, 0.2) is 0 Å². The van der Waals surface area contributed by atoms with Crippen LogP contribution in [0.5, 0.6) is 0 Å². The zero-order valence-electron chi connectivity index (χ0n) is 11.1. The number of rotatable bonds is 2. The molecule has 0 N–H and O–H groups in total. The third-order valence-electron chi connectivity index (χ3n) is 3.50. The molecule has 2 aromatic rings. The minimum absolute atomic E-state index is 0.0660. The van der Waals surface area contributed by atoms with Gasteiger partial charge in [0.1, 0.15) is 0 Å². The first kappa shape index (κ1) is 13.4. The molecule has 2 heterocycles. The van der Waals surface area contributed by atoms with Crippen LogP contribution in [0.15, 0.2) is 42.7 Å². The molecule has 104 valence electrons. The Bertz CT molecular complexity index is 596. The van der Waals surface area contributed by atoms with Crippen LogP contribution in [0.4, 0.5) is 0 Å². The molecule has 1 aliphatic heterocycles. The van der Waals surface area contributed by atoms with Gasteiger partial charge >= 0.3 is 0 Å². The van der Waals surface area contributed by atoms with Gasteiger partial charge in [0, 0.05) is 24.1 Å². The fourth-order valence-electron chi connectivity index (χ4n) is 2.45. The number of aromatic nitrogens is 2. The van der Waals surface area contributed by atoms with Gasteiger partial charge in [-0.2, -0.15) is 5.10 Å². The minimum atomic E-state index is 0.0660. The number of hydrogen-bond donors (Lipinski definition) is 0. The van der Waals surface area contributed by atoms with Crippen molar-refractivity contribution in [3.05, 3.63) is 48.3 Å². The second-order valence-electron chi connectivity index (χ2n) is 5.00. The van der Waals surface area contributed by atoms with Crippen molar-refractivity contribution in [1.82, 2.24) is 14.7 Å². The standard InChI is InChI=1S/C15H16BrN3O/c16-13-5-4-8-18(11-13)15(20)12-9-17-19(10-12)14-6-2-1-3-7-14/h1-3,6-7,9-10,13H,4-5,8,11H2. The average Bonchev–Trinajstić information content (AvgIpc) is 2.97. The normalized spacial score (nSPS) is 19.1. The highest BCUT2D eigenvalue weighted by molar-refractivity contribution is 9.09. The number of amides is 1. The number of carbonyl (C=O) groups excluding carboxylic acids is 1. The highest BCUT2D eigenvalue weighted by atomic mass is 79.9. The quantitative estimate of drug-likeness (QED) is 0.792. The van der Waals surface area contributed by atoms with E-state index in [0.717, 1.165) is 31.6 Å². The lowest BCUT2D eigenvalue weighted by atomic mass is 10.1. The maximum absolute atomic E-state index is 12.4. The molecule has 1 aliphatic rings. The van der Waals surface area contributed by atoms with E-state index in [-0.39, 0.29) is 5.91 Å². The fraction of sp³-hybridized carbons (Fsp3) is 0.333. The number of hydrogen-bond acceptors (Lipinski definition) is 2. The zero-order chi connectivity index (χ0) is 13.9. The third kappa shape index (κ3) is 2.77. The maximum Gasteiger partial charge on any atom is 0.257 e. The van der Waals surface area contributed by atoms with E-state index in [1.807, 2.05) is 35.2 Å². The first-order valence-corrected chi connectivity index (χ1v) is 7.69. The lowest BCUT2D eigenvalue weighted by molar-refractivity contribution is 0.0730. The Morgan fingerprint density at radius 2 is 2.10 bits per heavy atom. The summed E-state index contributed by atoms with van der Waals surface area (Å²) < 4.78 is 1.74. The summed E-state index contributed by atoms with van der Waals surface area (Å²) in [7, 11) is 0. The topological polar surface area (TPSA) is 38.1 Å². The largest absolute Gasteiger partial charge is 0.337 e. The van der Waals surface area contributed by atoms with Crippen molar-refractivity contribution in [2.24, 2.45) is 0 Å². The number of piperidine rings is 1. The van der Waals surface area contributed by atoms with Crippen LogP contribution in [-0.4, -0.2) is 38.5 Å². The summed E-state index contributed by atoms with van der Waals surface area (Å²) in [5, 5.41) is 4.28. The molecule has 20 heavy (non-hydrogen) atoms. The van der Waals surface area contributed by atoms with Crippen LogP contribution >= 0.6 is 15.9 Å². The molecule has 1 atom stereocenters. The van der Waals surface area contributed by atoms with Crippen LogP contribution in [0, 0.1) is 0 Å². The predicted octanol–water partition coefficient (Wildman–Crippen LogP) is 2.87. The molecule has 3 rings (SSSR count). The van der Waals surface area contributed by atoms with Crippen molar-refractivity contribution in [1.29, 1.82) is 0 Å². The van der Waals surface area contributed by atoms with Crippen molar-refractivity contribution >= 4 is 21.8 Å². The van der Waals surface area contributed by atoms with Gasteiger partial charge in [-0.05, 0) is 25.0 Å². The third-order valence-corrected chi connectivity index (χ3v) is 4.25. The minimum Gasteiger partial charge on any atom is -0.337 e. The molecule has 0 radical (unpaired) electrons. The lowest BCUT2D eigenvalue weighted by Gasteiger charge is -2.29. The van der Waals surface area contributed by atoms with Gasteiger partial charge in [0.05, 0.1) is 17.4 Å². The Balaban J connectivity index is 1.78. The average molecular weight is 334 g/mol. The smallest absolute Gasteiger partial charge is 0.257 e. The van der Waals surface area contributed by atoms with Crippen LogP contribution in [0.1, 0.15) is 23.2 Å². The monoisotopic (exact) mass is 333 g/mol. The van der Waals surface area contributed by atoms with Crippen molar-refractivity contribution in [3.8, 4) is 5.69 Å². The summed E-state index contributed by atoms with van der Waals surface area (Å²) in [5.41, 5.74) is 1.61. The number of likely N-dealkylation sites (tertiary alicyclic amines) is 1. The van der Waals surface area contributed by atoms with E-state index >= 15 is 0 Å². The summed E-state index contributed by atoms with van der Waals surface area (Å²) >= 11 is 3.60. The second-order valence-corrected chi connectivity index (χ2v) is 6.29. The Labute approximate surface area is 126 Å². The lowest BCUT2D eigenvalue weighted by Crippen LogP contribution is -2.40. The van der Waals surface area contributed by atoms with Crippen molar-refractivity contribution in [3.63, 3.8) is 0 Å². The second kappa shape index (κ2) is 5.79. The molecule has 4 nitrogen and oxygen atoms in total. The Kier molecular flexibility index (Phi) is 3.87. The predicted molar refractivity (Wildman–Crippen MR) is 81.4 cm³/mol. The summed E-state index contributed by atoms with van der Waals surface area (Å²) in [6.07, 6.45) is 5.63. The van der Waals surface area contributed by atoms with Gasteiger partial charge in [-0.25, -0.2) is 4.68 Å². The van der Waals surface area contributed by atoms with Crippen LogP contribution < -0.4 is 0 Å². The van der Waals surface area contributed by atoms with Crippen LogP contribution in [0.25, 0.3) is 5.69 Å². The number of halogens is 1. The highest BCUT2D eigenvalue weighted by Gasteiger charge is 2.23. The van der Waals surface area contributed by atoms with Gasteiger partial charge in [0.25, 0.3) is 5.91 Å². The van der Waals surface area contributed by atoms with Crippen LogP contribution in [0.3, 0.4) is 0 Å². The number of nitrogens with zero attached hydrogens (tertiary/aromatic N) is 3. The number of benzene rings is 1. The van der Waals surface area contributed by atoms with Gasteiger partial charge < -0.3 is 4.90 Å². The van der Waals surface area contributed by atoms with Gasteiger partial charge in [-0.15, -0.1) is 0 Å². The van der Waals surface area contributed by atoms with Crippen molar-refractivity contribution in [2.75, 3.05) is 13.1 Å². The van der Waals surface area contributed by atoms with Gasteiger partial charge in [-0.3, -0.25) is 4.79 Å². The van der Waals surface area contributed by atoms with Crippen molar-refractivity contribution < 1.29 is 4.79 Å². The SMILES string of the molecule is O=C(c1cnn(-c2ccccc2)c1)N1CCCC(Br)C1. The molecule has 1 saturated heterocycles. The first-order valence-electron chi connectivity index (χ1n) is 6.77. The molecule has 5 heteroatoms. The maximum atomic E-state index is 12.4. The number of carbonyl (C=O) groups is 1. The van der Waals surface area contributed by atoms with E-state index in [0.29, 0.717) is 10.4 Å². The summed E-state index contributed by atoms with van der Waals surface area (Å²) in [5.74, 6) is 0.0660. The Morgan fingerprint density at radius 3 is 2.85 bits per heavy atom. The van der Waals surface area contributed by atoms with E-state index in [1.54, 1.807) is 17.1 Å². The molecule has 0 saturated carbocycles. The highest BCUT2D eigenvalue weighted by Crippen LogP contribution is 2.19. The Hall–Kier alpha value is -1.62. The molecule has 1 aromatic carbocycles. The molecule has 1 aromatic heterocycles. The van der Waals surface area contributed by atoms with E-state index in [4.69, 9.17) is 0 Å².